The number of methoxy groups -OCH3 is 1. The molecule has 1 N–H and O–H groups in total. The van der Waals surface area contributed by atoms with Gasteiger partial charge < -0.3 is 15.0 Å². The third kappa shape index (κ3) is 4.03. The second kappa shape index (κ2) is 6.85. The SMILES string of the molecule is COCCn1cc(Nc2ccnc(C(=O)N(C)C)c2)cn1. The summed E-state index contributed by atoms with van der Waals surface area (Å²) in [6.45, 7) is 1.30. The van der Waals surface area contributed by atoms with Gasteiger partial charge in [-0.05, 0) is 12.1 Å². The lowest BCUT2D eigenvalue weighted by Gasteiger charge is -2.10. The quantitative estimate of drug-likeness (QED) is 0.869. The van der Waals surface area contributed by atoms with E-state index in [9.17, 15) is 4.79 Å². The van der Waals surface area contributed by atoms with Gasteiger partial charge in [0.25, 0.3) is 5.91 Å². The van der Waals surface area contributed by atoms with Crippen LogP contribution < -0.4 is 5.32 Å². The molecular formula is C14H19N5O2. The van der Waals surface area contributed by atoms with Crippen LogP contribution >= 0.6 is 0 Å². The van der Waals surface area contributed by atoms with Crippen molar-refractivity contribution < 1.29 is 9.53 Å². The topological polar surface area (TPSA) is 72.3 Å². The van der Waals surface area contributed by atoms with Crippen LogP contribution in [-0.2, 0) is 11.3 Å². The maximum absolute atomic E-state index is 11.9. The number of anilines is 2. The lowest BCUT2D eigenvalue weighted by Crippen LogP contribution is -2.22. The summed E-state index contributed by atoms with van der Waals surface area (Å²) in [7, 11) is 5.05. The maximum Gasteiger partial charge on any atom is 0.272 e. The predicted molar refractivity (Wildman–Crippen MR) is 79.6 cm³/mol. The van der Waals surface area contributed by atoms with Gasteiger partial charge in [-0.3, -0.25) is 14.5 Å². The molecule has 0 aliphatic carbocycles. The molecule has 0 aromatic carbocycles. The number of amides is 1. The summed E-state index contributed by atoms with van der Waals surface area (Å²) >= 11 is 0. The van der Waals surface area contributed by atoms with Gasteiger partial charge in [0.1, 0.15) is 5.69 Å². The molecule has 112 valence electrons. The number of nitrogens with one attached hydrogen (secondary N) is 1. The number of pyridine rings is 1. The van der Waals surface area contributed by atoms with Crippen LogP contribution in [-0.4, -0.2) is 53.4 Å². The first-order chi connectivity index (χ1) is 10.1. The normalized spacial score (nSPS) is 10.4. The maximum atomic E-state index is 11.9. The fourth-order valence-electron chi connectivity index (χ4n) is 1.76. The van der Waals surface area contributed by atoms with Gasteiger partial charge in [-0.2, -0.15) is 5.10 Å². The minimum atomic E-state index is -0.130. The zero-order chi connectivity index (χ0) is 15.2. The van der Waals surface area contributed by atoms with E-state index in [1.54, 1.807) is 50.4 Å². The molecule has 0 bridgehead atoms. The Labute approximate surface area is 123 Å². The summed E-state index contributed by atoms with van der Waals surface area (Å²) in [4.78, 5) is 17.5. The van der Waals surface area contributed by atoms with Gasteiger partial charge in [-0.25, -0.2) is 0 Å². The summed E-state index contributed by atoms with van der Waals surface area (Å²) in [6, 6.07) is 3.52. The molecule has 0 radical (unpaired) electrons. The largest absolute Gasteiger partial charge is 0.383 e. The number of hydrogen-bond acceptors (Lipinski definition) is 5. The van der Waals surface area contributed by atoms with Crippen LogP contribution in [0.2, 0.25) is 0 Å². The summed E-state index contributed by atoms with van der Waals surface area (Å²) in [5.41, 5.74) is 2.04. The van der Waals surface area contributed by atoms with Gasteiger partial charge >= 0.3 is 0 Å². The number of nitrogens with zero attached hydrogens (tertiary/aromatic N) is 4. The van der Waals surface area contributed by atoms with E-state index < -0.39 is 0 Å². The molecule has 0 saturated heterocycles. The van der Waals surface area contributed by atoms with E-state index in [1.807, 2.05) is 6.20 Å². The Morgan fingerprint density at radius 2 is 2.24 bits per heavy atom. The molecule has 2 heterocycles. The van der Waals surface area contributed by atoms with Crippen molar-refractivity contribution in [3.63, 3.8) is 0 Å². The molecule has 0 aliphatic heterocycles. The summed E-state index contributed by atoms with van der Waals surface area (Å²) < 4.78 is 6.80. The second-order valence-corrected chi connectivity index (χ2v) is 4.74. The van der Waals surface area contributed by atoms with Crippen molar-refractivity contribution >= 4 is 17.3 Å². The summed E-state index contributed by atoms with van der Waals surface area (Å²) in [5.74, 6) is -0.130. The highest BCUT2D eigenvalue weighted by atomic mass is 16.5. The van der Waals surface area contributed by atoms with E-state index >= 15 is 0 Å². The number of aromatic nitrogens is 3. The van der Waals surface area contributed by atoms with Crippen LogP contribution in [0.15, 0.2) is 30.7 Å². The van der Waals surface area contributed by atoms with Crippen molar-refractivity contribution in [3.05, 3.63) is 36.4 Å². The van der Waals surface area contributed by atoms with Gasteiger partial charge in [0.2, 0.25) is 0 Å². The van der Waals surface area contributed by atoms with E-state index in [4.69, 9.17) is 4.74 Å². The van der Waals surface area contributed by atoms with Gasteiger partial charge in [-0.1, -0.05) is 0 Å². The van der Waals surface area contributed by atoms with Crippen molar-refractivity contribution in [3.8, 4) is 0 Å². The summed E-state index contributed by atoms with van der Waals surface area (Å²) in [5, 5.41) is 7.42. The van der Waals surface area contributed by atoms with Crippen LogP contribution in [0.1, 0.15) is 10.5 Å². The first kappa shape index (κ1) is 15.0. The zero-order valence-electron chi connectivity index (χ0n) is 12.4. The molecular weight excluding hydrogens is 270 g/mol. The van der Waals surface area contributed by atoms with Crippen molar-refractivity contribution in [1.29, 1.82) is 0 Å². The Balaban J connectivity index is 2.07. The first-order valence-corrected chi connectivity index (χ1v) is 6.56. The molecule has 0 fully saturated rings. The number of carbonyl (C=O) groups excluding carboxylic acids is 1. The minimum absolute atomic E-state index is 0.130. The average Bonchev–Trinajstić information content (AvgIpc) is 2.92. The van der Waals surface area contributed by atoms with Crippen molar-refractivity contribution in [1.82, 2.24) is 19.7 Å². The van der Waals surface area contributed by atoms with E-state index in [2.05, 4.69) is 15.4 Å². The fraction of sp³-hybridized carbons (Fsp3) is 0.357. The third-order valence-electron chi connectivity index (χ3n) is 2.83. The van der Waals surface area contributed by atoms with Gasteiger partial charge in [0, 0.05) is 39.3 Å². The lowest BCUT2D eigenvalue weighted by molar-refractivity contribution is 0.0822. The van der Waals surface area contributed by atoms with Crippen LogP contribution in [0.4, 0.5) is 11.4 Å². The highest BCUT2D eigenvalue weighted by Gasteiger charge is 2.10. The van der Waals surface area contributed by atoms with E-state index in [-0.39, 0.29) is 5.91 Å². The number of carbonyl (C=O) groups is 1. The van der Waals surface area contributed by atoms with Gasteiger partial charge in [0.15, 0.2) is 0 Å². The molecule has 0 spiro atoms. The molecule has 2 rings (SSSR count). The van der Waals surface area contributed by atoms with Crippen molar-refractivity contribution in [2.75, 3.05) is 33.1 Å². The molecule has 0 saturated carbocycles. The van der Waals surface area contributed by atoms with Crippen molar-refractivity contribution in [2.45, 2.75) is 6.54 Å². The van der Waals surface area contributed by atoms with Gasteiger partial charge in [0.05, 0.1) is 25.0 Å². The van der Waals surface area contributed by atoms with E-state index in [0.29, 0.717) is 18.8 Å². The van der Waals surface area contributed by atoms with Crippen LogP contribution in [0.25, 0.3) is 0 Å². The Morgan fingerprint density at radius 3 is 2.95 bits per heavy atom. The monoisotopic (exact) mass is 289 g/mol. The third-order valence-corrected chi connectivity index (χ3v) is 2.83. The highest BCUT2D eigenvalue weighted by molar-refractivity contribution is 5.92. The molecule has 0 unspecified atom stereocenters. The molecule has 1 amide bonds. The molecule has 21 heavy (non-hydrogen) atoms. The van der Waals surface area contributed by atoms with E-state index in [0.717, 1.165) is 11.4 Å². The molecule has 0 atom stereocenters. The molecule has 2 aromatic rings. The number of ether oxygens (including phenoxy) is 1. The standard InChI is InChI=1S/C14H19N5O2/c1-18(2)14(20)13-8-11(4-5-15-13)17-12-9-16-19(10-12)6-7-21-3/h4-5,8-10H,6-7H2,1-3H3,(H,15,17). The molecule has 7 nitrogen and oxygen atoms in total. The first-order valence-electron chi connectivity index (χ1n) is 6.56. The second-order valence-electron chi connectivity index (χ2n) is 4.74. The Hall–Kier alpha value is -2.41. The zero-order valence-corrected chi connectivity index (χ0v) is 12.4. The fourth-order valence-corrected chi connectivity index (χ4v) is 1.76. The van der Waals surface area contributed by atoms with Crippen LogP contribution in [0, 0.1) is 0 Å². The Bertz CT molecular complexity index is 609. The average molecular weight is 289 g/mol. The lowest BCUT2D eigenvalue weighted by atomic mass is 10.3. The predicted octanol–water partition coefficient (Wildman–Crippen LogP) is 1.37. The number of hydrogen-bond donors (Lipinski definition) is 1. The van der Waals surface area contributed by atoms with Crippen molar-refractivity contribution in [2.24, 2.45) is 0 Å². The van der Waals surface area contributed by atoms with Gasteiger partial charge in [-0.15, -0.1) is 0 Å². The molecule has 7 heteroatoms. The molecule has 0 aliphatic rings. The van der Waals surface area contributed by atoms with E-state index in [1.165, 1.54) is 4.90 Å². The highest BCUT2D eigenvalue weighted by Crippen LogP contribution is 2.16. The smallest absolute Gasteiger partial charge is 0.272 e. The minimum Gasteiger partial charge on any atom is -0.383 e. The number of rotatable bonds is 6. The Kier molecular flexibility index (Phi) is 4.89. The van der Waals surface area contributed by atoms with Crippen LogP contribution in [0.5, 0.6) is 0 Å². The molecule has 2 aromatic heterocycles. The summed E-state index contributed by atoms with van der Waals surface area (Å²) in [6.07, 6.45) is 5.21. The Morgan fingerprint density at radius 1 is 1.43 bits per heavy atom. The van der Waals surface area contributed by atoms with Crippen LogP contribution in [0.3, 0.4) is 0 Å².